The lowest BCUT2D eigenvalue weighted by molar-refractivity contribution is -0.177. The predicted molar refractivity (Wildman–Crippen MR) is 364 cm³/mol. The Morgan fingerprint density at radius 1 is 0.667 bits per heavy atom. The number of fused-ring (bicyclic) bond motifs is 2. The molecule has 4 heterocycles. The van der Waals surface area contributed by atoms with Crippen LogP contribution in [0.25, 0.3) is 0 Å². The number of carbonyl (C=O) groups excluding carboxylic acids is 12. The number of carbonyl (C=O) groups is 12. The van der Waals surface area contributed by atoms with E-state index in [9.17, 15) is 83.9 Å². The molecule has 1 aromatic rings. The van der Waals surface area contributed by atoms with Crippen molar-refractivity contribution in [1.82, 2.24) is 60.0 Å². The van der Waals surface area contributed by atoms with Crippen molar-refractivity contribution >= 4 is 82.5 Å². The highest BCUT2D eigenvalue weighted by molar-refractivity contribution is 6.31. The lowest BCUT2D eigenvalue weighted by atomic mass is 9.84. The van der Waals surface area contributed by atoms with Crippen molar-refractivity contribution in [1.29, 1.82) is 0 Å². The van der Waals surface area contributed by atoms with Crippen LogP contribution >= 0.6 is 11.6 Å². The van der Waals surface area contributed by atoms with Crippen LogP contribution < -0.4 is 16.0 Å². The topological polar surface area (TPSA) is 279 Å². The molecule has 0 spiro atoms. The van der Waals surface area contributed by atoms with Crippen molar-refractivity contribution in [2.24, 2.45) is 17.8 Å². The van der Waals surface area contributed by atoms with Crippen LogP contribution in [-0.2, 0) is 74.9 Å². The summed E-state index contributed by atoms with van der Waals surface area (Å²) in [5, 5.41) is 7.41. The molecule has 4 fully saturated rings. The minimum absolute atomic E-state index is 0.0451. The number of halogens is 7. The van der Waals surface area contributed by atoms with Gasteiger partial charge >= 0.3 is 12.4 Å². The number of benzene rings is 1. The van der Waals surface area contributed by atoms with Gasteiger partial charge in [0, 0.05) is 81.4 Å². The summed E-state index contributed by atoms with van der Waals surface area (Å²) in [5.74, 6) is -10.1. The number of likely N-dealkylation sites (tertiary alicyclic amines) is 1. The zero-order chi connectivity index (χ0) is 75.8. The minimum Gasteiger partial charge on any atom is -0.369 e. The second-order valence-electron chi connectivity index (χ2n) is 28.5. The molecule has 570 valence electrons. The van der Waals surface area contributed by atoms with E-state index in [4.69, 9.17) is 16.3 Å². The van der Waals surface area contributed by atoms with Gasteiger partial charge in [0.2, 0.25) is 65.0 Å². The number of likely N-dealkylation sites (N-methyl/N-ethyl adjacent to an activating group) is 6. The molecule has 6 rings (SSSR count). The van der Waals surface area contributed by atoms with Crippen molar-refractivity contribution in [3.63, 3.8) is 0 Å². The molecule has 0 bridgehead atoms. The molecule has 1 saturated carbocycles. The predicted octanol–water partition coefficient (Wildman–Crippen LogP) is 5.55. The monoisotopic (exact) mass is 1470 g/mol. The number of nitrogens with one attached hydrogen (secondary N) is 3. The van der Waals surface area contributed by atoms with E-state index in [-0.39, 0.29) is 94.1 Å². The van der Waals surface area contributed by atoms with Crippen molar-refractivity contribution in [2.45, 2.75) is 211 Å². The van der Waals surface area contributed by atoms with Crippen molar-refractivity contribution in [2.75, 3.05) is 94.8 Å². The van der Waals surface area contributed by atoms with Crippen LogP contribution in [0.3, 0.4) is 0 Å². The van der Waals surface area contributed by atoms with Crippen LogP contribution in [0.15, 0.2) is 30.0 Å². The molecule has 4 aliphatic heterocycles. The standard InChI is InChI=1S/C70H103ClF6N12O13/c1-42(2)35-53-61(94)80-50(40-102-41-69(72,73)74)63(96)82(7)44(5)62(95)89-34-29-52(89)66(99)84(9)54(37-45-21-14-12-15-22-45)65(98)81(6)39-56(90)79-49(28-26-46-25-27-47(48(71)36-46)70(75,76)77)64(97)88-33-20-23-51(88)60(93)78-30-17-16-24-57(91)86(11)59(43(3)4)68(101)85(10)55(38-58(92)83(53)8)67(100)87-31-18-13-19-32-87/h25,27,29,36,42-45,49-51,53-55,59H,12-24,26,28,30-35,37-41H2,1-11H3,(H,78,93)(H,79,90)(H,80,94)/t44-,49-,50-,51-,53-,54-,55-,59-/m0/s1. The van der Waals surface area contributed by atoms with Gasteiger partial charge in [-0.05, 0) is 119 Å². The fourth-order valence-corrected chi connectivity index (χ4v) is 14.3. The average Bonchev–Trinajstić information content (AvgIpc) is 0.922. The molecular formula is C70H103ClF6N12O13. The van der Waals surface area contributed by atoms with Gasteiger partial charge in [0.25, 0.3) is 5.91 Å². The quantitative estimate of drug-likeness (QED) is 0.217. The molecule has 5 aliphatic rings. The summed E-state index contributed by atoms with van der Waals surface area (Å²) in [6.07, 6.45) is -2.07. The number of hydrogen-bond donors (Lipinski definition) is 3. The highest BCUT2D eigenvalue weighted by Crippen LogP contribution is 2.36. The third-order valence-corrected chi connectivity index (χ3v) is 20.5. The Hall–Kier alpha value is -7.57. The largest absolute Gasteiger partial charge is 0.417 e. The number of amides is 12. The van der Waals surface area contributed by atoms with Gasteiger partial charge in [-0.2, -0.15) is 26.3 Å². The summed E-state index contributed by atoms with van der Waals surface area (Å²) in [4.78, 5) is 185. The molecule has 0 aromatic heterocycles. The third-order valence-electron chi connectivity index (χ3n) is 20.1. The summed E-state index contributed by atoms with van der Waals surface area (Å²) in [5.41, 5.74) is -0.994. The van der Waals surface area contributed by atoms with Gasteiger partial charge in [-0.3, -0.25) is 57.5 Å². The van der Waals surface area contributed by atoms with Crippen LogP contribution in [0.1, 0.15) is 155 Å². The van der Waals surface area contributed by atoms with Crippen molar-refractivity contribution in [3.05, 3.63) is 46.1 Å². The first-order chi connectivity index (χ1) is 47.8. The summed E-state index contributed by atoms with van der Waals surface area (Å²) in [6, 6.07) is -8.10. The first-order valence-electron chi connectivity index (χ1n) is 35.4. The molecule has 12 amide bonds. The van der Waals surface area contributed by atoms with Crippen LogP contribution in [0, 0.1) is 17.8 Å². The first-order valence-corrected chi connectivity index (χ1v) is 35.8. The molecule has 0 radical (unpaired) electrons. The number of piperidine rings is 1. The van der Waals surface area contributed by atoms with E-state index in [1.165, 1.54) is 69.0 Å². The normalized spacial score (nSPS) is 25.7. The maximum atomic E-state index is 14.9. The van der Waals surface area contributed by atoms with Gasteiger partial charge in [0.05, 0.1) is 30.2 Å². The number of aryl methyl sites for hydroxylation is 1. The van der Waals surface area contributed by atoms with Crippen LogP contribution in [-0.4, -0.2) is 264 Å². The van der Waals surface area contributed by atoms with Gasteiger partial charge in [-0.1, -0.05) is 77.5 Å². The summed E-state index contributed by atoms with van der Waals surface area (Å²) >= 11 is 6.09. The van der Waals surface area contributed by atoms with Gasteiger partial charge < -0.3 is 64.8 Å². The Balaban J connectivity index is 1.36. The Morgan fingerprint density at radius 2 is 1.32 bits per heavy atom. The van der Waals surface area contributed by atoms with Gasteiger partial charge in [0.15, 0.2) is 0 Å². The second-order valence-corrected chi connectivity index (χ2v) is 28.9. The van der Waals surface area contributed by atoms with Crippen molar-refractivity contribution in [3.8, 4) is 0 Å². The summed E-state index contributed by atoms with van der Waals surface area (Å²) in [6.45, 7) is 5.14. The fraction of sp³-hybridized carbons (Fsp3) is 0.714. The van der Waals surface area contributed by atoms with E-state index in [0.29, 0.717) is 45.2 Å². The van der Waals surface area contributed by atoms with E-state index in [2.05, 4.69) is 16.0 Å². The molecule has 1 aliphatic carbocycles. The second kappa shape index (κ2) is 37.2. The smallest absolute Gasteiger partial charge is 0.369 e. The maximum absolute atomic E-state index is 14.9. The molecule has 0 unspecified atom stereocenters. The van der Waals surface area contributed by atoms with Crippen LogP contribution in [0.4, 0.5) is 26.3 Å². The molecular weight excluding hydrogens is 1370 g/mol. The number of nitrogens with zero attached hydrogens (tertiary/aromatic N) is 9. The zero-order valence-corrected chi connectivity index (χ0v) is 61.3. The Bertz CT molecular complexity index is 3220. The van der Waals surface area contributed by atoms with Gasteiger partial charge in [-0.25, -0.2) is 0 Å². The lowest BCUT2D eigenvalue weighted by Crippen LogP contribution is -2.60. The molecule has 3 N–H and O–H groups in total. The lowest BCUT2D eigenvalue weighted by Gasteiger charge is -2.40. The Kier molecular flexibility index (Phi) is 30.4. The maximum Gasteiger partial charge on any atom is 0.417 e. The third kappa shape index (κ3) is 22.2. The van der Waals surface area contributed by atoms with Crippen molar-refractivity contribution < 1.29 is 88.6 Å². The first kappa shape index (κ1) is 83.4. The summed E-state index contributed by atoms with van der Waals surface area (Å²) in [7, 11) is 7.87. The van der Waals surface area contributed by atoms with E-state index in [1.807, 2.05) is 0 Å². The van der Waals surface area contributed by atoms with Gasteiger partial charge in [0.1, 0.15) is 60.6 Å². The number of alkyl halides is 6. The van der Waals surface area contributed by atoms with Crippen LogP contribution in [0.5, 0.6) is 0 Å². The van der Waals surface area contributed by atoms with E-state index < -0.39 is 174 Å². The summed E-state index contributed by atoms with van der Waals surface area (Å²) < 4.78 is 87.2. The number of rotatable bonds is 12. The number of ether oxygens (including phenoxy) is 1. The molecule has 1 aromatic carbocycles. The minimum atomic E-state index is -4.89. The average molecular weight is 1470 g/mol. The van der Waals surface area contributed by atoms with Crippen LogP contribution in [0.2, 0.25) is 5.02 Å². The number of hydrogen-bond acceptors (Lipinski definition) is 13. The van der Waals surface area contributed by atoms with Gasteiger partial charge in [-0.15, -0.1) is 0 Å². The zero-order valence-electron chi connectivity index (χ0n) is 60.5. The molecule has 102 heavy (non-hydrogen) atoms. The molecule has 8 atom stereocenters. The molecule has 3 saturated heterocycles. The highest BCUT2D eigenvalue weighted by Gasteiger charge is 2.45. The Labute approximate surface area is 598 Å². The van der Waals surface area contributed by atoms with E-state index in [1.54, 1.807) is 27.7 Å². The van der Waals surface area contributed by atoms with E-state index in [0.717, 1.165) is 74.3 Å². The van der Waals surface area contributed by atoms with E-state index >= 15 is 0 Å². The Morgan fingerprint density at radius 3 is 1.92 bits per heavy atom. The molecule has 32 heteroatoms. The fourth-order valence-electron chi connectivity index (χ4n) is 13.9. The molecule has 25 nitrogen and oxygen atoms in total. The highest BCUT2D eigenvalue weighted by atomic mass is 35.5. The SMILES string of the molecule is CC(C)C[C@H]1C(=O)N[C@@H](COCC(F)(F)F)C(=O)N(C)[C@@H](C)C(=O)N2CC=C2C(=O)N(C)[C@@H](CC2CCCCC2)C(=O)N(C)CC(=O)N[C@@H](CCc2ccc(C(F)(F)F)c(Cl)c2)C(=O)N2CCC[C@H]2C(=O)NCCCCC(=O)N(C)[C@@H](C(C)C)C(=O)N(C)[C@H](C(=O)N2CCCCC2)CC(=O)N1C.